The predicted molar refractivity (Wildman–Crippen MR) is 111 cm³/mol. The van der Waals surface area contributed by atoms with Crippen molar-refractivity contribution in [2.24, 2.45) is 12.0 Å². The van der Waals surface area contributed by atoms with E-state index >= 15 is 0 Å². The van der Waals surface area contributed by atoms with Gasteiger partial charge in [-0.3, -0.25) is 0 Å². The second kappa shape index (κ2) is 9.74. The number of halogens is 1. The fraction of sp³-hybridized carbons (Fsp3) is 0.500. The first kappa shape index (κ1) is 19.7. The third-order valence-corrected chi connectivity index (χ3v) is 4.56. The molecule has 1 aliphatic carbocycles. The summed E-state index contributed by atoms with van der Waals surface area (Å²) < 4.78 is 2.00. The number of aryl methyl sites for hydroxylation is 1. The van der Waals surface area contributed by atoms with Crippen LogP contribution in [-0.2, 0) is 20.1 Å². The SMILES string of the molecule is Cc1nnc(CNC(=NCc2ccccc2)NC2CCCC2)n1C.I. The smallest absolute Gasteiger partial charge is 0.192 e. The van der Waals surface area contributed by atoms with E-state index in [0.717, 1.165) is 17.6 Å². The number of benzene rings is 1. The molecule has 2 aromatic rings. The van der Waals surface area contributed by atoms with Gasteiger partial charge in [0.2, 0.25) is 0 Å². The lowest BCUT2D eigenvalue weighted by Gasteiger charge is -2.17. The van der Waals surface area contributed by atoms with E-state index in [1.54, 1.807) is 0 Å². The van der Waals surface area contributed by atoms with Crippen molar-refractivity contribution in [1.82, 2.24) is 25.4 Å². The predicted octanol–water partition coefficient (Wildman–Crippen LogP) is 2.92. The van der Waals surface area contributed by atoms with E-state index in [-0.39, 0.29) is 24.0 Å². The van der Waals surface area contributed by atoms with Crippen LogP contribution in [0.4, 0.5) is 0 Å². The molecule has 0 amide bonds. The third kappa shape index (κ3) is 5.69. The van der Waals surface area contributed by atoms with E-state index in [1.807, 2.05) is 36.7 Å². The van der Waals surface area contributed by atoms with Crippen LogP contribution in [-0.4, -0.2) is 26.8 Å². The molecule has 136 valence electrons. The molecule has 25 heavy (non-hydrogen) atoms. The summed E-state index contributed by atoms with van der Waals surface area (Å²) in [5.74, 6) is 2.68. The molecular weight excluding hydrogens is 427 g/mol. The highest BCUT2D eigenvalue weighted by atomic mass is 127. The Bertz CT molecular complexity index is 676. The summed E-state index contributed by atoms with van der Waals surface area (Å²) in [7, 11) is 1.98. The van der Waals surface area contributed by atoms with Crippen molar-refractivity contribution in [3.63, 3.8) is 0 Å². The summed E-state index contributed by atoms with van der Waals surface area (Å²) in [5.41, 5.74) is 1.21. The minimum Gasteiger partial charge on any atom is -0.354 e. The number of aliphatic imine (C=N–C) groups is 1. The van der Waals surface area contributed by atoms with Gasteiger partial charge in [0.1, 0.15) is 5.82 Å². The fourth-order valence-electron chi connectivity index (χ4n) is 2.94. The number of aromatic nitrogens is 3. The van der Waals surface area contributed by atoms with Gasteiger partial charge in [0.05, 0.1) is 13.1 Å². The Morgan fingerprint density at radius 1 is 1.20 bits per heavy atom. The zero-order valence-corrected chi connectivity index (χ0v) is 17.2. The first-order valence-electron chi connectivity index (χ1n) is 8.66. The van der Waals surface area contributed by atoms with Crippen LogP contribution >= 0.6 is 24.0 Å². The molecule has 6 nitrogen and oxygen atoms in total. The van der Waals surface area contributed by atoms with Gasteiger partial charge in [-0.05, 0) is 25.3 Å². The van der Waals surface area contributed by atoms with Crippen molar-refractivity contribution in [3.8, 4) is 0 Å². The van der Waals surface area contributed by atoms with Crippen molar-refractivity contribution in [1.29, 1.82) is 0 Å². The minimum absolute atomic E-state index is 0. The molecule has 0 unspecified atom stereocenters. The highest BCUT2D eigenvalue weighted by Crippen LogP contribution is 2.17. The standard InChI is InChI=1S/C18H26N6.HI/c1-14-22-23-17(24(14)2)13-20-18(21-16-10-6-7-11-16)19-12-15-8-4-3-5-9-15;/h3-5,8-9,16H,6-7,10-13H2,1-2H3,(H2,19,20,21);1H. The van der Waals surface area contributed by atoms with E-state index in [9.17, 15) is 0 Å². The van der Waals surface area contributed by atoms with Gasteiger partial charge in [-0.2, -0.15) is 0 Å². The Balaban J connectivity index is 0.00000225. The third-order valence-electron chi connectivity index (χ3n) is 4.56. The topological polar surface area (TPSA) is 67.1 Å². The van der Waals surface area contributed by atoms with Crippen LogP contribution in [0.25, 0.3) is 0 Å². The maximum Gasteiger partial charge on any atom is 0.192 e. The molecule has 0 saturated heterocycles. The molecule has 1 fully saturated rings. The lowest BCUT2D eigenvalue weighted by Crippen LogP contribution is -2.42. The number of nitrogens with one attached hydrogen (secondary N) is 2. The average molecular weight is 454 g/mol. The van der Waals surface area contributed by atoms with Crippen LogP contribution in [0.5, 0.6) is 0 Å². The monoisotopic (exact) mass is 454 g/mol. The second-order valence-corrected chi connectivity index (χ2v) is 6.35. The lowest BCUT2D eigenvalue weighted by molar-refractivity contribution is 0.606. The summed E-state index contributed by atoms with van der Waals surface area (Å²) in [6.07, 6.45) is 5.03. The highest BCUT2D eigenvalue weighted by molar-refractivity contribution is 14.0. The summed E-state index contributed by atoms with van der Waals surface area (Å²) >= 11 is 0. The normalized spacial score (nSPS) is 15.0. The van der Waals surface area contributed by atoms with Gasteiger partial charge in [0, 0.05) is 13.1 Å². The molecule has 1 aromatic carbocycles. The molecule has 3 rings (SSSR count). The van der Waals surface area contributed by atoms with Gasteiger partial charge in [-0.15, -0.1) is 34.2 Å². The van der Waals surface area contributed by atoms with Gasteiger partial charge >= 0.3 is 0 Å². The van der Waals surface area contributed by atoms with Crippen molar-refractivity contribution in [3.05, 3.63) is 47.5 Å². The molecule has 0 aliphatic heterocycles. The minimum atomic E-state index is 0. The van der Waals surface area contributed by atoms with Crippen LogP contribution < -0.4 is 10.6 Å². The molecule has 1 saturated carbocycles. The largest absolute Gasteiger partial charge is 0.354 e. The molecule has 0 bridgehead atoms. The summed E-state index contributed by atoms with van der Waals surface area (Å²) in [5, 5.41) is 15.3. The Morgan fingerprint density at radius 3 is 2.56 bits per heavy atom. The molecule has 0 radical (unpaired) electrons. The van der Waals surface area contributed by atoms with Crippen LogP contribution in [0.1, 0.15) is 42.9 Å². The summed E-state index contributed by atoms with van der Waals surface area (Å²) in [6, 6.07) is 10.8. The van der Waals surface area contributed by atoms with Crippen LogP contribution in [0.2, 0.25) is 0 Å². The van der Waals surface area contributed by atoms with Crippen molar-refractivity contribution in [2.45, 2.75) is 51.7 Å². The Hall–Kier alpha value is -1.64. The average Bonchev–Trinajstić information content (AvgIpc) is 3.22. The van der Waals surface area contributed by atoms with E-state index in [4.69, 9.17) is 4.99 Å². The van der Waals surface area contributed by atoms with Gasteiger partial charge in [0.15, 0.2) is 11.8 Å². The molecule has 0 spiro atoms. The van der Waals surface area contributed by atoms with Crippen LogP contribution in [0.3, 0.4) is 0 Å². The lowest BCUT2D eigenvalue weighted by atomic mass is 10.2. The zero-order valence-electron chi connectivity index (χ0n) is 14.9. The quantitative estimate of drug-likeness (QED) is 0.414. The van der Waals surface area contributed by atoms with Gasteiger partial charge in [-0.1, -0.05) is 43.2 Å². The number of guanidine groups is 1. The van der Waals surface area contributed by atoms with Crippen LogP contribution in [0, 0.1) is 6.92 Å². The van der Waals surface area contributed by atoms with E-state index < -0.39 is 0 Å². The molecule has 1 aromatic heterocycles. The Kier molecular flexibility index (Phi) is 7.67. The maximum absolute atomic E-state index is 4.75. The Labute approximate surface area is 166 Å². The first-order valence-corrected chi connectivity index (χ1v) is 8.66. The van der Waals surface area contributed by atoms with Crippen LogP contribution in [0.15, 0.2) is 35.3 Å². The summed E-state index contributed by atoms with van der Waals surface area (Å²) in [4.78, 5) is 4.75. The highest BCUT2D eigenvalue weighted by Gasteiger charge is 2.16. The first-order chi connectivity index (χ1) is 11.7. The van der Waals surface area contributed by atoms with E-state index in [0.29, 0.717) is 19.1 Å². The molecule has 2 N–H and O–H groups in total. The van der Waals surface area contributed by atoms with Gasteiger partial charge in [-0.25, -0.2) is 4.99 Å². The van der Waals surface area contributed by atoms with E-state index in [1.165, 1.54) is 31.2 Å². The van der Waals surface area contributed by atoms with Gasteiger partial charge in [0.25, 0.3) is 0 Å². The van der Waals surface area contributed by atoms with Gasteiger partial charge < -0.3 is 15.2 Å². The number of hydrogen-bond acceptors (Lipinski definition) is 3. The van der Waals surface area contributed by atoms with E-state index in [2.05, 4.69) is 33.0 Å². The van der Waals surface area contributed by atoms with Crippen molar-refractivity contribution >= 4 is 29.9 Å². The number of rotatable bonds is 5. The molecule has 1 heterocycles. The van der Waals surface area contributed by atoms with Crippen molar-refractivity contribution < 1.29 is 0 Å². The van der Waals surface area contributed by atoms with Crippen molar-refractivity contribution in [2.75, 3.05) is 0 Å². The molecule has 7 heteroatoms. The second-order valence-electron chi connectivity index (χ2n) is 6.35. The zero-order chi connectivity index (χ0) is 16.8. The molecule has 1 aliphatic rings. The fourth-order valence-corrected chi connectivity index (χ4v) is 2.94. The molecule has 0 atom stereocenters. The number of hydrogen-bond donors (Lipinski definition) is 2. The summed E-state index contributed by atoms with van der Waals surface area (Å²) in [6.45, 7) is 3.24. The maximum atomic E-state index is 4.75. The molecular formula is C18H27IN6. The number of nitrogens with zero attached hydrogens (tertiary/aromatic N) is 4. The Morgan fingerprint density at radius 2 is 1.92 bits per heavy atom.